The van der Waals surface area contributed by atoms with Gasteiger partial charge in [-0.25, -0.2) is 0 Å². The van der Waals surface area contributed by atoms with Crippen molar-refractivity contribution < 1.29 is 4.79 Å². The van der Waals surface area contributed by atoms with E-state index in [4.69, 9.17) is 0 Å². The van der Waals surface area contributed by atoms with E-state index in [9.17, 15) is 9.59 Å². The number of aromatic amines is 1. The van der Waals surface area contributed by atoms with E-state index in [-0.39, 0.29) is 11.2 Å². The van der Waals surface area contributed by atoms with Crippen LogP contribution in [0.4, 0.5) is 5.69 Å². The van der Waals surface area contributed by atoms with Gasteiger partial charge in [0.05, 0.1) is 5.69 Å². The number of carbonyl (C=O) groups excluding carboxylic acids is 1. The minimum atomic E-state index is -0.0730. The molecule has 2 aliphatic rings. The van der Waals surface area contributed by atoms with Crippen LogP contribution in [0.25, 0.3) is 10.9 Å². The molecule has 0 saturated heterocycles. The number of nitrogens with one attached hydrogen (secondary N) is 2. The zero-order valence-electron chi connectivity index (χ0n) is 12.8. The molecule has 2 aromatic carbocycles. The first-order valence-corrected chi connectivity index (χ1v) is 7.98. The summed E-state index contributed by atoms with van der Waals surface area (Å²) in [4.78, 5) is 29.0. The predicted molar refractivity (Wildman–Crippen MR) is 93.4 cm³/mol. The van der Waals surface area contributed by atoms with E-state index in [2.05, 4.69) is 10.3 Å². The minimum Gasteiger partial charge on any atom is -0.358 e. The standard InChI is InChI=1S/C20H14N2O2/c23-19-12-6-2-4-8-16(12)22-18-14(19)10-17-13(20(18)24)9-11-5-1-3-7-15(11)21-17/h1-8,21H,9-10H2,(H,22,23). The Hall–Kier alpha value is -3.14. The van der Waals surface area contributed by atoms with Gasteiger partial charge in [-0.05, 0) is 23.8 Å². The van der Waals surface area contributed by atoms with Crippen molar-refractivity contribution in [1.29, 1.82) is 0 Å². The fraction of sp³-hybridized carbons (Fsp3) is 0.100. The number of H-pyrrole nitrogens is 1. The van der Waals surface area contributed by atoms with Crippen LogP contribution in [0.3, 0.4) is 0 Å². The van der Waals surface area contributed by atoms with Gasteiger partial charge < -0.3 is 10.3 Å². The van der Waals surface area contributed by atoms with Crippen LogP contribution in [-0.4, -0.2) is 10.8 Å². The van der Waals surface area contributed by atoms with Crippen LogP contribution in [-0.2, 0) is 12.8 Å². The Morgan fingerprint density at radius 2 is 1.67 bits per heavy atom. The normalized spacial score (nSPS) is 15.6. The Morgan fingerprint density at radius 3 is 2.58 bits per heavy atom. The van der Waals surface area contributed by atoms with Crippen LogP contribution in [0, 0.1) is 0 Å². The highest BCUT2D eigenvalue weighted by Crippen LogP contribution is 2.34. The summed E-state index contributed by atoms with van der Waals surface area (Å²) in [5.41, 5.74) is 5.39. The van der Waals surface area contributed by atoms with Crippen LogP contribution in [0.2, 0.25) is 0 Å². The van der Waals surface area contributed by atoms with Gasteiger partial charge in [0.25, 0.3) is 0 Å². The highest BCUT2D eigenvalue weighted by Gasteiger charge is 2.32. The summed E-state index contributed by atoms with van der Waals surface area (Å²) in [5, 5.41) is 3.98. The van der Waals surface area contributed by atoms with E-state index in [1.807, 2.05) is 42.5 Å². The lowest BCUT2D eigenvalue weighted by molar-refractivity contribution is 0.102. The van der Waals surface area contributed by atoms with E-state index < -0.39 is 0 Å². The number of pyridine rings is 1. The molecule has 0 amide bonds. The van der Waals surface area contributed by atoms with Gasteiger partial charge in [-0.3, -0.25) is 9.59 Å². The number of anilines is 1. The first-order chi connectivity index (χ1) is 11.7. The number of Topliss-reactive ketones (excluding diaryl/α,β-unsaturated/α-hetero) is 1. The zero-order valence-corrected chi connectivity index (χ0v) is 12.8. The number of benzene rings is 2. The Kier molecular flexibility index (Phi) is 2.59. The summed E-state index contributed by atoms with van der Waals surface area (Å²) in [7, 11) is 0. The lowest BCUT2D eigenvalue weighted by atomic mass is 9.84. The quantitative estimate of drug-likeness (QED) is 0.670. The van der Waals surface area contributed by atoms with Crippen molar-refractivity contribution in [3.8, 4) is 0 Å². The third-order valence-corrected chi connectivity index (χ3v) is 4.90. The Morgan fingerprint density at radius 1 is 0.875 bits per heavy atom. The second-order valence-corrected chi connectivity index (χ2v) is 6.28. The molecule has 0 bridgehead atoms. The van der Waals surface area contributed by atoms with Crippen molar-refractivity contribution in [3.63, 3.8) is 0 Å². The molecule has 0 spiro atoms. The maximum Gasteiger partial charge on any atom is 0.207 e. The van der Waals surface area contributed by atoms with Gasteiger partial charge in [0.2, 0.25) is 5.78 Å². The van der Waals surface area contributed by atoms with Crippen molar-refractivity contribution >= 4 is 22.4 Å². The second kappa shape index (κ2) is 4.68. The van der Waals surface area contributed by atoms with Crippen LogP contribution in [0.5, 0.6) is 0 Å². The van der Waals surface area contributed by atoms with Gasteiger partial charge in [-0.15, -0.1) is 0 Å². The van der Waals surface area contributed by atoms with Crippen molar-refractivity contribution in [2.75, 3.05) is 5.32 Å². The fourth-order valence-corrected chi connectivity index (χ4v) is 3.67. The summed E-state index contributed by atoms with van der Waals surface area (Å²) >= 11 is 0. The summed E-state index contributed by atoms with van der Waals surface area (Å²) in [5.74, 6) is -0.0730. The number of fused-ring (bicyclic) bond motifs is 3. The van der Waals surface area contributed by atoms with E-state index >= 15 is 0 Å². The number of allylic oxidation sites excluding steroid dienone is 2. The molecule has 0 saturated carbocycles. The molecule has 2 heterocycles. The molecule has 0 fully saturated rings. The largest absolute Gasteiger partial charge is 0.358 e. The highest BCUT2D eigenvalue weighted by molar-refractivity contribution is 6.12. The van der Waals surface area contributed by atoms with Crippen molar-refractivity contribution in [3.05, 3.63) is 86.8 Å². The van der Waals surface area contributed by atoms with Gasteiger partial charge in [0.1, 0.15) is 0 Å². The topological polar surface area (TPSA) is 62.0 Å². The molecule has 2 N–H and O–H groups in total. The lowest BCUT2D eigenvalue weighted by Gasteiger charge is -2.28. The van der Waals surface area contributed by atoms with Crippen LogP contribution in [0.15, 0.2) is 64.6 Å². The summed E-state index contributed by atoms with van der Waals surface area (Å²) in [6.07, 6.45) is 1.07. The van der Waals surface area contributed by atoms with E-state index in [1.54, 1.807) is 6.07 Å². The van der Waals surface area contributed by atoms with Gasteiger partial charge >= 0.3 is 0 Å². The maximum absolute atomic E-state index is 13.0. The monoisotopic (exact) mass is 314 g/mol. The molecule has 0 unspecified atom stereocenters. The first-order valence-electron chi connectivity index (χ1n) is 7.98. The molecule has 1 aliphatic heterocycles. The number of ketones is 1. The van der Waals surface area contributed by atoms with Crippen molar-refractivity contribution in [1.82, 2.24) is 4.98 Å². The Balaban J connectivity index is 1.71. The van der Waals surface area contributed by atoms with Crippen LogP contribution in [0.1, 0.15) is 21.6 Å². The zero-order chi connectivity index (χ0) is 16.3. The van der Waals surface area contributed by atoms with Gasteiger partial charge in [0.15, 0.2) is 5.43 Å². The highest BCUT2D eigenvalue weighted by atomic mass is 16.1. The molecule has 1 aromatic heterocycles. The van der Waals surface area contributed by atoms with Crippen molar-refractivity contribution in [2.24, 2.45) is 0 Å². The van der Waals surface area contributed by atoms with E-state index in [1.165, 1.54) is 0 Å². The predicted octanol–water partition coefficient (Wildman–Crippen LogP) is 3.19. The van der Waals surface area contributed by atoms with Gasteiger partial charge in [-0.1, -0.05) is 30.3 Å². The second-order valence-electron chi connectivity index (χ2n) is 6.28. The number of hydrogen-bond acceptors (Lipinski definition) is 3. The third kappa shape index (κ3) is 1.74. The number of rotatable bonds is 0. The molecular weight excluding hydrogens is 300 g/mol. The fourth-order valence-electron chi connectivity index (χ4n) is 3.67. The Bertz CT molecular complexity index is 1120. The van der Waals surface area contributed by atoms with Gasteiger partial charge in [-0.2, -0.15) is 0 Å². The average molecular weight is 314 g/mol. The molecule has 0 radical (unpaired) electrons. The molecule has 4 nitrogen and oxygen atoms in total. The van der Waals surface area contributed by atoms with Crippen molar-refractivity contribution in [2.45, 2.75) is 12.8 Å². The number of para-hydroxylation sites is 2. The van der Waals surface area contributed by atoms with Crippen LogP contribution >= 0.6 is 0 Å². The average Bonchev–Trinajstić information content (AvgIpc) is 2.62. The number of hydrogen-bond donors (Lipinski definition) is 2. The maximum atomic E-state index is 13.0. The number of carbonyl (C=O) groups is 1. The molecule has 0 atom stereocenters. The van der Waals surface area contributed by atoms with Gasteiger partial charge in [0, 0.05) is 46.3 Å². The van der Waals surface area contributed by atoms with E-state index in [0.717, 1.165) is 22.5 Å². The minimum absolute atomic E-state index is 0.0556. The molecule has 3 aromatic rings. The lowest BCUT2D eigenvalue weighted by Crippen LogP contribution is -2.30. The first kappa shape index (κ1) is 13.3. The molecule has 24 heavy (non-hydrogen) atoms. The summed E-state index contributed by atoms with van der Waals surface area (Å²) < 4.78 is 0. The summed E-state index contributed by atoms with van der Waals surface area (Å²) in [6.45, 7) is 0. The molecular formula is C20H14N2O2. The SMILES string of the molecule is O=C1C2=C(Cc3c1[nH]c1ccccc1c3=O)Nc1ccccc1C2. The molecule has 1 aliphatic carbocycles. The smallest absolute Gasteiger partial charge is 0.207 e. The molecule has 4 heteroatoms. The molecule has 5 rings (SSSR count). The number of aromatic nitrogens is 1. The summed E-state index contributed by atoms with van der Waals surface area (Å²) in [6, 6.07) is 15.3. The van der Waals surface area contributed by atoms with E-state index in [0.29, 0.717) is 35.0 Å². The Labute approximate surface area is 137 Å². The molecule has 116 valence electrons. The van der Waals surface area contributed by atoms with Crippen LogP contribution < -0.4 is 10.7 Å². The third-order valence-electron chi connectivity index (χ3n) is 4.90.